The molecule has 13 N–H and O–H groups in total. The van der Waals surface area contributed by atoms with Crippen molar-refractivity contribution in [3.05, 3.63) is 36.0 Å². The first-order valence-electron chi connectivity index (χ1n) is 12.6. The number of H-pyrrole nitrogens is 1. The zero-order valence-electron chi connectivity index (χ0n) is 22.1. The highest BCUT2D eigenvalue weighted by atomic mass is 16.4. The number of amides is 6. The fraction of sp³-hybridized carbons (Fsp3) is 0.400. The monoisotopic (exact) mass is 574 g/mol. The van der Waals surface area contributed by atoms with Crippen LogP contribution in [0.5, 0.6) is 0 Å². The van der Waals surface area contributed by atoms with Crippen LogP contribution in [0.4, 0.5) is 0 Å². The van der Waals surface area contributed by atoms with Gasteiger partial charge in [0.25, 0.3) is 0 Å². The zero-order chi connectivity index (χ0) is 30.7. The van der Waals surface area contributed by atoms with Gasteiger partial charge in [-0.1, -0.05) is 18.2 Å². The molecule has 41 heavy (non-hydrogen) atoms. The van der Waals surface area contributed by atoms with Crippen LogP contribution >= 0.6 is 0 Å². The van der Waals surface area contributed by atoms with Gasteiger partial charge < -0.3 is 49.0 Å². The Bertz CT molecular complexity index is 1310. The van der Waals surface area contributed by atoms with E-state index in [1.165, 1.54) is 0 Å². The third kappa shape index (κ3) is 10.2. The summed E-state index contributed by atoms with van der Waals surface area (Å²) in [5.41, 5.74) is 23.1. The number of carboxylic acid groups (broad SMARTS) is 1. The Morgan fingerprint density at radius 3 is 1.88 bits per heavy atom. The molecule has 4 unspecified atom stereocenters. The number of aliphatic carboxylic acids is 1. The Morgan fingerprint density at radius 2 is 1.29 bits per heavy atom. The number of primary amides is 3. The highest BCUT2D eigenvalue weighted by Gasteiger charge is 2.31. The molecule has 0 fully saturated rings. The minimum Gasteiger partial charge on any atom is -0.480 e. The Labute approximate surface area is 233 Å². The van der Waals surface area contributed by atoms with Crippen LogP contribution in [-0.2, 0) is 40.0 Å². The molecule has 0 saturated carbocycles. The SMILES string of the molecule is NC(=O)CCC(NC(=O)C(CC(N)=O)NC(=O)C(CCC(N)=O)NC(=O)C(N)Cc1c[nH]c2ccccc12)C(=O)O. The maximum Gasteiger partial charge on any atom is 0.326 e. The molecule has 0 bridgehead atoms. The van der Waals surface area contributed by atoms with Gasteiger partial charge in [0, 0.05) is 29.9 Å². The summed E-state index contributed by atoms with van der Waals surface area (Å²) in [4.78, 5) is 87.4. The van der Waals surface area contributed by atoms with Crippen molar-refractivity contribution in [1.29, 1.82) is 0 Å². The van der Waals surface area contributed by atoms with Crippen molar-refractivity contribution in [3.63, 3.8) is 0 Å². The number of benzene rings is 1. The molecule has 1 aromatic heterocycles. The first-order chi connectivity index (χ1) is 19.3. The molecule has 0 saturated heterocycles. The van der Waals surface area contributed by atoms with E-state index in [0.717, 1.165) is 16.5 Å². The van der Waals surface area contributed by atoms with Crippen molar-refractivity contribution >= 4 is 52.3 Å². The van der Waals surface area contributed by atoms with Crippen molar-refractivity contribution in [1.82, 2.24) is 20.9 Å². The molecule has 6 amide bonds. The number of aromatic amines is 1. The van der Waals surface area contributed by atoms with Gasteiger partial charge in [0.2, 0.25) is 35.4 Å². The number of nitrogens with one attached hydrogen (secondary N) is 4. The minimum atomic E-state index is -1.65. The largest absolute Gasteiger partial charge is 0.480 e. The number of carboxylic acids is 1. The normalized spacial score (nSPS) is 13.8. The Balaban J connectivity index is 2.16. The number of fused-ring (bicyclic) bond motifs is 1. The summed E-state index contributed by atoms with van der Waals surface area (Å²) in [5, 5.41) is 17.0. The van der Waals surface area contributed by atoms with Crippen molar-refractivity contribution in [2.45, 2.75) is 62.7 Å². The number of nitrogens with two attached hydrogens (primary N) is 4. The van der Waals surface area contributed by atoms with E-state index in [4.69, 9.17) is 22.9 Å². The predicted octanol–water partition coefficient (Wildman–Crippen LogP) is -3.02. The number of hydrogen-bond acceptors (Lipinski definition) is 8. The second-order valence-electron chi connectivity index (χ2n) is 9.37. The standard InChI is InChI=1S/C25H34N8O8/c26-14(9-12-11-30-15-4-2-1-3-13(12)15)22(37)31-16(5-7-19(27)34)23(38)33-18(10-21(29)36)24(39)32-17(25(40)41)6-8-20(28)35/h1-4,11,14,16-18,30H,5-10,26H2,(H2,27,34)(H2,28,35)(H2,29,36)(H,31,37)(H,32,39)(H,33,38)(H,40,41). The summed E-state index contributed by atoms with van der Waals surface area (Å²) in [5.74, 6) is -6.89. The topological polar surface area (TPSA) is 296 Å². The molecule has 1 aromatic carbocycles. The first-order valence-corrected chi connectivity index (χ1v) is 12.6. The van der Waals surface area contributed by atoms with Crippen LogP contribution < -0.4 is 38.9 Å². The van der Waals surface area contributed by atoms with Gasteiger partial charge >= 0.3 is 5.97 Å². The number of aromatic nitrogens is 1. The molecule has 0 aliphatic heterocycles. The molecule has 0 aliphatic carbocycles. The molecule has 4 atom stereocenters. The maximum atomic E-state index is 13.1. The van der Waals surface area contributed by atoms with E-state index >= 15 is 0 Å². The lowest BCUT2D eigenvalue weighted by Crippen LogP contribution is -2.58. The molecule has 16 heteroatoms. The van der Waals surface area contributed by atoms with Crippen molar-refractivity contribution < 1.29 is 38.7 Å². The van der Waals surface area contributed by atoms with Gasteiger partial charge in [-0.25, -0.2) is 4.79 Å². The lowest BCUT2D eigenvalue weighted by atomic mass is 10.0. The summed E-state index contributed by atoms with van der Waals surface area (Å²) in [6.07, 6.45) is -0.213. The van der Waals surface area contributed by atoms with E-state index in [1.807, 2.05) is 24.3 Å². The van der Waals surface area contributed by atoms with Crippen LogP contribution in [-0.4, -0.2) is 75.7 Å². The van der Waals surface area contributed by atoms with Crippen molar-refractivity contribution in [2.75, 3.05) is 0 Å². The van der Waals surface area contributed by atoms with Crippen LogP contribution in [0.1, 0.15) is 37.7 Å². The lowest BCUT2D eigenvalue weighted by Gasteiger charge is -2.24. The summed E-state index contributed by atoms with van der Waals surface area (Å²) in [6, 6.07) is 1.64. The van der Waals surface area contributed by atoms with Gasteiger partial charge in [-0.05, 0) is 30.9 Å². The van der Waals surface area contributed by atoms with Gasteiger partial charge in [-0.2, -0.15) is 0 Å². The van der Waals surface area contributed by atoms with Gasteiger partial charge in [0.15, 0.2) is 0 Å². The Morgan fingerprint density at radius 1 is 0.756 bits per heavy atom. The first kappa shape index (κ1) is 32.2. The van der Waals surface area contributed by atoms with Crippen LogP contribution in [0.2, 0.25) is 0 Å². The number of hydrogen-bond donors (Lipinski definition) is 9. The van der Waals surface area contributed by atoms with Crippen molar-refractivity contribution in [2.24, 2.45) is 22.9 Å². The highest BCUT2D eigenvalue weighted by Crippen LogP contribution is 2.19. The molecule has 2 aromatic rings. The van der Waals surface area contributed by atoms with Gasteiger partial charge in [-0.15, -0.1) is 0 Å². The van der Waals surface area contributed by atoms with E-state index in [2.05, 4.69) is 20.9 Å². The average Bonchev–Trinajstić information content (AvgIpc) is 3.30. The average molecular weight is 575 g/mol. The van der Waals surface area contributed by atoms with Gasteiger partial charge in [0.1, 0.15) is 18.1 Å². The minimum absolute atomic E-state index is 0.106. The molecule has 16 nitrogen and oxygen atoms in total. The molecule has 222 valence electrons. The zero-order valence-corrected chi connectivity index (χ0v) is 22.1. The molecule has 0 radical (unpaired) electrons. The highest BCUT2D eigenvalue weighted by molar-refractivity contribution is 5.96. The maximum absolute atomic E-state index is 13.1. The van der Waals surface area contributed by atoms with Crippen LogP contribution in [0.15, 0.2) is 30.5 Å². The Kier molecular flexibility index (Phi) is 11.8. The molecule has 0 spiro atoms. The van der Waals surface area contributed by atoms with E-state index < -0.39 is 72.0 Å². The predicted molar refractivity (Wildman–Crippen MR) is 144 cm³/mol. The van der Waals surface area contributed by atoms with E-state index in [-0.39, 0.29) is 32.1 Å². The quantitative estimate of drug-likeness (QED) is 0.0927. The summed E-state index contributed by atoms with van der Waals surface area (Å²) < 4.78 is 0. The number of carbonyl (C=O) groups excluding carboxylic acids is 6. The molecular weight excluding hydrogens is 540 g/mol. The summed E-state index contributed by atoms with van der Waals surface area (Å²) >= 11 is 0. The Hall–Kier alpha value is -4.99. The fourth-order valence-electron chi connectivity index (χ4n) is 3.96. The smallest absolute Gasteiger partial charge is 0.326 e. The van der Waals surface area contributed by atoms with E-state index in [9.17, 15) is 38.7 Å². The van der Waals surface area contributed by atoms with Gasteiger partial charge in [0.05, 0.1) is 12.5 Å². The van der Waals surface area contributed by atoms with Gasteiger partial charge in [-0.3, -0.25) is 28.8 Å². The number of rotatable bonds is 17. The van der Waals surface area contributed by atoms with Crippen LogP contribution in [0.3, 0.4) is 0 Å². The molecule has 1 heterocycles. The second-order valence-corrected chi connectivity index (χ2v) is 9.37. The third-order valence-electron chi connectivity index (χ3n) is 6.10. The summed E-state index contributed by atoms with van der Waals surface area (Å²) in [6.45, 7) is 0. The van der Waals surface area contributed by atoms with Crippen LogP contribution in [0, 0.1) is 0 Å². The van der Waals surface area contributed by atoms with Crippen LogP contribution in [0.25, 0.3) is 10.9 Å². The number of carbonyl (C=O) groups is 7. The van der Waals surface area contributed by atoms with E-state index in [0.29, 0.717) is 0 Å². The second kappa shape index (κ2) is 15.0. The molecule has 0 aliphatic rings. The number of para-hydroxylation sites is 1. The summed E-state index contributed by atoms with van der Waals surface area (Å²) in [7, 11) is 0. The molecule has 2 rings (SSSR count). The third-order valence-corrected chi connectivity index (χ3v) is 6.10. The molecular formula is C25H34N8O8. The van der Waals surface area contributed by atoms with Crippen molar-refractivity contribution in [3.8, 4) is 0 Å². The lowest BCUT2D eigenvalue weighted by molar-refractivity contribution is -0.142. The fourth-order valence-corrected chi connectivity index (χ4v) is 3.96. The van der Waals surface area contributed by atoms with E-state index in [1.54, 1.807) is 6.20 Å².